The van der Waals surface area contributed by atoms with Crippen molar-refractivity contribution in [3.63, 3.8) is 0 Å². The van der Waals surface area contributed by atoms with Gasteiger partial charge in [0.25, 0.3) is 0 Å². The average molecular weight is 485 g/mol. The largest absolute Gasteiger partial charge is 0.497 e. The highest BCUT2D eigenvalue weighted by molar-refractivity contribution is 14.0. The second kappa shape index (κ2) is 11.5. The van der Waals surface area contributed by atoms with Crippen LogP contribution in [0.5, 0.6) is 17.2 Å². The first-order valence-corrected chi connectivity index (χ1v) is 8.53. The Bertz CT molecular complexity index is 746. The number of aryl methyl sites for hydroxylation is 2. The molecule has 0 bridgehead atoms. The fourth-order valence-corrected chi connectivity index (χ4v) is 2.55. The zero-order valence-corrected chi connectivity index (χ0v) is 18.6. The van der Waals surface area contributed by atoms with E-state index in [1.807, 2.05) is 50.2 Å². The molecule has 0 radical (unpaired) electrons. The zero-order chi connectivity index (χ0) is 18.9. The van der Waals surface area contributed by atoms with Gasteiger partial charge >= 0.3 is 0 Å². The molecular weight excluding hydrogens is 457 g/mol. The van der Waals surface area contributed by atoms with Crippen LogP contribution in [-0.2, 0) is 0 Å². The van der Waals surface area contributed by atoms with Gasteiger partial charge in [0.2, 0.25) is 0 Å². The summed E-state index contributed by atoms with van der Waals surface area (Å²) in [6.07, 6.45) is 0.769. The second-order valence-corrected chi connectivity index (χ2v) is 5.88. The van der Waals surface area contributed by atoms with E-state index in [0.717, 1.165) is 23.3 Å². The van der Waals surface area contributed by atoms with Gasteiger partial charge in [-0.25, -0.2) is 0 Å². The van der Waals surface area contributed by atoms with Gasteiger partial charge in [-0.2, -0.15) is 0 Å². The summed E-state index contributed by atoms with van der Waals surface area (Å²) in [6.45, 7) is 5.24. The fraction of sp³-hybridized carbons (Fsp3) is 0.350. The number of methoxy groups -OCH3 is 2. The molecule has 2 rings (SSSR count). The first-order valence-electron chi connectivity index (χ1n) is 8.53. The van der Waals surface area contributed by atoms with Gasteiger partial charge in [-0.3, -0.25) is 4.99 Å². The molecule has 0 atom stereocenters. The molecular formula is C20H28IN3O3. The Morgan fingerprint density at radius 2 is 1.78 bits per heavy atom. The van der Waals surface area contributed by atoms with Crippen molar-refractivity contribution < 1.29 is 14.2 Å². The van der Waals surface area contributed by atoms with Crippen LogP contribution in [0.3, 0.4) is 0 Å². The summed E-state index contributed by atoms with van der Waals surface area (Å²) < 4.78 is 16.4. The third-order valence-electron chi connectivity index (χ3n) is 3.91. The van der Waals surface area contributed by atoms with Crippen molar-refractivity contribution in [3.8, 4) is 17.2 Å². The molecule has 3 N–H and O–H groups in total. The van der Waals surface area contributed by atoms with E-state index in [0.29, 0.717) is 36.3 Å². The molecule has 0 aliphatic rings. The number of anilines is 1. The maximum Gasteiger partial charge on any atom is 0.193 e. The number of hydrogen-bond donors (Lipinski definition) is 2. The van der Waals surface area contributed by atoms with Gasteiger partial charge in [0.1, 0.15) is 17.2 Å². The molecule has 0 fully saturated rings. The SMILES string of the molecule is COc1ccc(OC)c(NC(N)=NCCCOc2c(C)cccc2C)c1.I. The van der Waals surface area contributed by atoms with Crippen molar-refractivity contribution in [3.05, 3.63) is 47.5 Å². The number of nitrogens with zero attached hydrogens (tertiary/aromatic N) is 1. The highest BCUT2D eigenvalue weighted by Gasteiger charge is 2.06. The normalized spacial score (nSPS) is 10.7. The summed E-state index contributed by atoms with van der Waals surface area (Å²) >= 11 is 0. The topological polar surface area (TPSA) is 78.1 Å². The van der Waals surface area contributed by atoms with Crippen molar-refractivity contribution >= 4 is 35.6 Å². The third kappa shape index (κ3) is 6.82. The molecule has 2 aromatic carbocycles. The van der Waals surface area contributed by atoms with Gasteiger partial charge in [-0.15, -0.1) is 24.0 Å². The molecule has 2 aromatic rings. The highest BCUT2D eigenvalue weighted by Crippen LogP contribution is 2.28. The molecule has 0 heterocycles. The van der Waals surface area contributed by atoms with Gasteiger partial charge in [-0.1, -0.05) is 18.2 Å². The predicted octanol–water partition coefficient (Wildman–Crippen LogP) is 4.13. The summed E-state index contributed by atoms with van der Waals surface area (Å²) in [5.74, 6) is 2.65. The van der Waals surface area contributed by atoms with Crippen LogP contribution >= 0.6 is 24.0 Å². The molecule has 148 valence electrons. The molecule has 6 nitrogen and oxygen atoms in total. The lowest BCUT2D eigenvalue weighted by molar-refractivity contribution is 0.309. The summed E-state index contributed by atoms with van der Waals surface area (Å²) in [6, 6.07) is 11.6. The quantitative estimate of drug-likeness (QED) is 0.255. The molecule has 7 heteroatoms. The first kappa shape index (κ1) is 22.9. The van der Waals surface area contributed by atoms with Gasteiger partial charge in [0, 0.05) is 19.0 Å². The number of guanidine groups is 1. The minimum atomic E-state index is 0. The van der Waals surface area contributed by atoms with Crippen LogP contribution in [0.1, 0.15) is 17.5 Å². The molecule has 0 aromatic heterocycles. The fourth-order valence-electron chi connectivity index (χ4n) is 2.55. The summed E-state index contributed by atoms with van der Waals surface area (Å²) in [4.78, 5) is 4.33. The minimum Gasteiger partial charge on any atom is -0.497 e. The molecule has 0 saturated carbocycles. The third-order valence-corrected chi connectivity index (χ3v) is 3.91. The van der Waals surface area contributed by atoms with Crippen LogP contribution in [0.15, 0.2) is 41.4 Å². The summed E-state index contributed by atoms with van der Waals surface area (Å²) in [5, 5.41) is 3.04. The van der Waals surface area contributed by atoms with Gasteiger partial charge in [0.15, 0.2) is 5.96 Å². The number of halogens is 1. The van der Waals surface area contributed by atoms with Crippen molar-refractivity contribution in [1.82, 2.24) is 0 Å². The van der Waals surface area contributed by atoms with Crippen LogP contribution < -0.4 is 25.3 Å². The highest BCUT2D eigenvalue weighted by atomic mass is 127. The van der Waals surface area contributed by atoms with Crippen LogP contribution in [0.2, 0.25) is 0 Å². The molecule has 0 aliphatic carbocycles. The zero-order valence-electron chi connectivity index (χ0n) is 16.2. The minimum absolute atomic E-state index is 0. The first-order chi connectivity index (χ1) is 12.5. The Morgan fingerprint density at radius 1 is 1.07 bits per heavy atom. The Labute approximate surface area is 178 Å². The average Bonchev–Trinajstić information content (AvgIpc) is 2.63. The predicted molar refractivity (Wildman–Crippen MR) is 121 cm³/mol. The molecule has 0 saturated heterocycles. The van der Waals surface area contributed by atoms with Crippen LogP contribution in [0.25, 0.3) is 0 Å². The van der Waals surface area contributed by atoms with E-state index in [4.69, 9.17) is 19.9 Å². The van der Waals surface area contributed by atoms with Crippen molar-refractivity contribution in [1.29, 1.82) is 0 Å². The van der Waals surface area contributed by atoms with E-state index in [9.17, 15) is 0 Å². The van der Waals surface area contributed by atoms with E-state index < -0.39 is 0 Å². The standard InChI is InChI=1S/C20H27N3O3.HI/c1-14-7-5-8-15(2)19(14)26-12-6-11-22-20(21)23-17-13-16(24-3)9-10-18(17)25-4;/h5,7-10,13H,6,11-12H2,1-4H3,(H3,21,22,23);1H. The van der Waals surface area contributed by atoms with E-state index in [1.54, 1.807) is 14.2 Å². The molecule has 0 aliphatic heterocycles. The number of nitrogens with one attached hydrogen (secondary N) is 1. The Kier molecular flexibility index (Phi) is 9.77. The number of ether oxygens (including phenoxy) is 3. The van der Waals surface area contributed by atoms with Crippen molar-refractivity contribution in [2.75, 3.05) is 32.7 Å². The lowest BCUT2D eigenvalue weighted by Crippen LogP contribution is -2.23. The van der Waals surface area contributed by atoms with Gasteiger partial charge in [-0.05, 0) is 37.1 Å². The van der Waals surface area contributed by atoms with E-state index in [1.165, 1.54) is 0 Å². The van der Waals surface area contributed by atoms with Crippen LogP contribution in [0.4, 0.5) is 5.69 Å². The van der Waals surface area contributed by atoms with Crippen molar-refractivity contribution in [2.24, 2.45) is 10.7 Å². The molecule has 0 spiro atoms. The maximum absolute atomic E-state index is 5.96. The second-order valence-electron chi connectivity index (χ2n) is 5.88. The Balaban J connectivity index is 0.00000364. The number of para-hydroxylation sites is 1. The Morgan fingerprint density at radius 3 is 2.41 bits per heavy atom. The lowest BCUT2D eigenvalue weighted by atomic mass is 10.1. The van der Waals surface area contributed by atoms with E-state index >= 15 is 0 Å². The van der Waals surface area contributed by atoms with Gasteiger partial charge in [0.05, 0.1) is 26.5 Å². The lowest BCUT2D eigenvalue weighted by Gasteiger charge is -2.12. The number of aliphatic imine (C=N–C) groups is 1. The number of rotatable bonds is 8. The summed E-state index contributed by atoms with van der Waals surface area (Å²) in [5.41, 5.74) is 8.95. The number of nitrogens with two attached hydrogens (primary N) is 1. The molecule has 0 amide bonds. The molecule has 27 heavy (non-hydrogen) atoms. The van der Waals surface area contributed by atoms with E-state index in [-0.39, 0.29) is 24.0 Å². The van der Waals surface area contributed by atoms with Crippen molar-refractivity contribution in [2.45, 2.75) is 20.3 Å². The molecule has 0 unspecified atom stereocenters. The van der Waals surface area contributed by atoms with Crippen LogP contribution in [-0.4, -0.2) is 33.3 Å². The number of hydrogen-bond acceptors (Lipinski definition) is 4. The summed E-state index contributed by atoms with van der Waals surface area (Å²) in [7, 11) is 3.21. The maximum atomic E-state index is 5.96. The Hall–Kier alpha value is -2.16. The van der Waals surface area contributed by atoms with Crippen LogP contribution in [0, 0.1) is 13.8 Å². The number of benzene rings is 2. The monoisotopic (exact) mass is 485 g/mol. The van der Waals surface area contributed by atoms with E-state index in [2.05, 4.69) is 10.3 Å². The van der Waals surface area contributed by atoms with Gasteiger partial charge < -0.3 is 25.3 Å². The smallest absolute Gasteiger partial charge is 0.193 e.